The summed E-state index contributed by atoms with van der Waals surface area (Å²) in [4.78, 5) is 29.3. The zero-order chi connectivity index (χ0) is 24.0. The molecule has 2 N–H and O–H groups in total. The minimum atomic E-state index is 0.0198. The van der Waals surface area contributed by atoms with Crippen molar-refractivity contribution in [2.24, 2.45) is 5.92 Å². The SMILES string of the molecule is CC(C)C1CN(c2ccc(Nc3ncc4cc5n(c4n3)C3(CCCCC3)CCC5=O)nc2)CCN1. The Morgan fingerprint density at radius 1 is 1.11 bits per heavy atom. The van der Waals surface area contributed by atoms with Crippen molar-refractivity contribution in [3.63, 3.8) is 0 Å². The van der Waals surface area contributed by atoms with Crippen LogP contribution in [0, 0.1) is 5.92 Å². The molecule has 6 rings (SSSR count). The molecule has 8 heteroatoms. The first-order chi connectivity index (χ1) is 17.0. The largest absolute Gasteiger partial charge is 0.367 e. The number of piperazine rings is 1. The lowest BCUT2D eigenvalue weighted by Gasteiger charge is -2.42. The van der Waals surface area contributed by atoms with E-state index in [9.17, 15) is 4.79 Å². The third-order valence-corrected chi connectivity index (χ3v) is 8.27. The van der Waals surface area contributed by atoms with E-state index in [2.05, 4.69) is 50.0 Å². The van der Waals surface area contributed by atoms with Gasteiger partial charge in [-0.05, 0) is 43.4 Å². The van der Waals surface area contributed by atoms with Gasteiger partial charge in [0.05, 0.1) is 17.6 Å². The molecular formula is C27H35N7O. The number of pyridine rings is 1. The highest BCUT2D eigenvalue weighted by Crippen LogP contribution is 2.45. The molecule has 0 aromatic carbocycles. The van der Waals surface area contributed by atoms with E-state index in [4.69, 9.17) is 4.98 Å². The lowest BCUT2D eigenvalue weighted by molar-refractivity contribution is 0.0852. The first-order valence-electron chi connectivity index (χ1n) is 13.2. The smallest absolute Gasteiger partial charge is 0.230 e. The molecule has 35 heavy (non-hydrogen) atoms. The van der Waals surface area contributed by atoms with E-state index >= 15 is 0 Å². The van der Waals surface area contributed by atoms with Gasteiger partial charge in [0.15, 0.2) is 5.78 Å². The quantitative estimate of drug-likeness (QED) is 0.571. The van der Waals surface area contributed by atoms with E-state index in [-0.39, 0.29) is 11.3 Å². The molecule has 3 aromatic rings. The summed E-state index contributed by atoms with van der Waals surface area (Å²) in [6, 6.07) is 6.59. The second kappa shape index (κ2) is 8.90. The predicted octanol–water partition coefficient (Wildman–Crippen LogP) is 4.64. The van der Waals surface area contributed by atoms with Gasteiger partial charge in [0.25, 0.3) is 0 Å². The van der Waals surface area contributed by atoms with Gasteiger partial charge < -0.3 is 20.1 Å². The highest BCUT2D eigenvalue weighted by molar-refractivity contribution is 6.00. The van der Waals surface area contributed by atoms with Crippen LogP contribution in [0.5, 0.6) is 0 Å². The Morgan fingerprint density at radius 3 is 2.74 bits per heavy atom. The summed E-state index contributed by atoms with van der Waals surface area (Å²) in [5.74, 6) is 2.06. The van der Waals surface area contributed by atoms with Crippen molar-refractivity contribution >= 4 is 34.3 Å². The van der Waals surface area contributed by atoms with Gasteiger partial charge in [-0.3, -0.25) is 4.79 Å². The van der Waals surface area contributed by atoms with Crippen LogP contribution in [0.15, 0.2) is 30.6 Å². The number of Topliss-reactive ketones (excluding diaryl/α,β-unsaturated/α-hetero) is 1. The number of ketones is 1. The molecule has 2 aliphatic heterocycles. The molecule has 0 amide bonds. The maximum absolute atomic E-state index is 12.8. The highest BCUT2D eigenvalue weighted by atomic mass is 16.1. The molecule has 3 aliphatic rings. The number of nitrogens with one attached hydrogen (secondary N) is 2. The van der Waals surface area contributed by atoms with Crippen LogP contribution in [-0.4, -0.2) is 51.0 Å². The molecule has 8 nitrogen and oxygen atoms in total. The lowest BCUT2D eigenvalue weighted by Crippen LogP contribution is -2.53. The number of fused-ring (bicyclic) bond motifs is 4. The Bertz CT molecular complexity index is 1230. The molecule has 1 atom stereocenters. The summed E-state index contributed by atoms with van der Waals surface area (Å²) in [5, 5.41) is 7.83. The summed E-state index contributed by atoms with van der Waals surface area (Å²) in [6.07, 6.45) is 11.3. The molecule has 1 unspecified atom stereocenters. The standard InChI is InChI=1S/C27H35N7O/c1-18(2)21-17-33(13-12-28-21)20-6-7-24(29-16-20)31-26-30-15-19-14-22-23(35)8-11-27(9-4-3-5-10-27)34(22)25(19)32-26/h6-7,14-16,18,21,28H,3-5,8-13,17H2,1-2H3,(H,29,30,31,32). The van der Waals surface area contributed by atoms with Crippen LogP contribution in [0.1, 0.15) is 69.3 Å². The van der Waals surface area contributed by atoms with Gasteiger partial charge >= 0.3 is 0 Å². The second-order valence-corrected chi connectivity index (χ2v) is 10.8. The Labute approximate surface area is 206 Å². The number of hydrogen-bond acceptors (Lipinski definition) is 7. The third-order valence-electron chi connectivity index (χ3n) is 8.27. The molecular weight excluding hydrogens is 438 g/mol. The average Bonchev–Trinajstić information content (AvgIpc) is 3.28. The highest BCUT2D eigenvalue weighted by Gasteiger charge is 2.41. The number of carbonyl (C=O) groups is 1. The molecule has 0 bridgehead atoms. The Hall–Kier alpha value is -3.00. The minimum Gasteiger partial charge on any atom is -0.367 e. The van der Waals surface area contributed by atoms with Crippen LogP contribution in [0.2, 0.25) is 0 Å². The average molecular weight is 474 g/mol. The van der Waals surface area contributed by atoms with Gasteiger partial charge in [-0.15, -0.1) is 0 Å². The maximum atomic E-state index is 12.8. The molecule has 1 aliphatic carbocycles. The molecule has 1 spiro atoms. The number of aromatic nitrogens is 4. The Balaban J connectivity index is 1.26. The first-order valence-corrected chi connectivity index (χ1v) is 13.2. The maximum Gasteiger partial charge on any atom is 0.230 e. The summed E-state index contributed by atoms with van der Waals surface area (Å²) >= 11 is 0. The van der Waals surface area contributed by atoms with Gasteiger partial charge in [0.2, 0.25) is 5.95 Å². The molecule has 0 radical (unpaired) electrons. The Kier molecular flexibility index (Phi) is 5.71. The fourth-order valence-electron chi connectivity index (χ4n) is 6.22. The van der Waals surface area contributed by atoms with E-state index in [1.54, 1.807) is 0 Å². The number of anilines is 3. The number of rotatable bonds is 4. The molecule has 2 fully saturated rings. The summed E-state index contributed by atoms with van der Waals surface area (Å²) in [5.41, 5.74) is 2.83. The van der Waals surface area contributed by atoms with Crippen molar-refractivity contribution in [2.75, 3.05) is 29.9 Å². The van der Waals surface area contributed by atoms with Crippen molar-refractivity contribution in [2.45, 2.75) is 70.4 Å². The van der Waals surface area contributed by atoms with Crippen LogP contribution in [0.25, 0.3) is 11.0 Å². The zero-order valence-corrected chi connectivity index (χ0v) is 20.8. The fraction of sp³-hybridized carbons (Fsp3) is 0.556. The van der Waals surface area contributed by atoms with E-state index in [0.29, 0.717) is 24.3 Å². The van der Waals surface area contributed by atoms with Crippen molar-refractivity contribution in [1.82, 2.24) is 24.8 Å². The van der Waals surface area contributed by atoms with Crippen molar-refractivity contribution in [3.05, 3.63) is 36.3 Å². The number of hydrogen-bond donors (Lipinski definition) is 2. The lowest BCUT2D eigenvalue weighted by atomic mass is 9.75. The van der Waals surface area contributed by atoms with Crippen LogP contribution in [-0.2, 0) is 5.54 Å². The molecule has 5 heterocycles. The predicted molar refractivity (Wildman–Crippen MR) is 139 cm³/mol. The second-order valence-electron chi connectivity index (χ2n) is 10.8. The Morgan fingerprint density at radius 2 is 1.97 bits per heavy atom. The summed E-state index contributed by atoms with van der Waals surface area (Å²) < 4.78 is 2.26. The van der Waals surface area contributed by atoms with Gasteiger partial charge in [0, 0.05) is 49.2 Å². The van der Waals surface area contributed by atoms with Gasteiger partial charge in [-0.1, -0.05) is 33.1 Å². The van der Waals surface area contributed by atoms with Crippen molar-refractivity contribution < 1.29 is 4.79 Å². The fourth-order valence-corrected chi connectivity index (χ4v) is 6.22. The van der Waals surface area contributed by atoms with Gasteiger partial charge in [-0.25, -0.2) is 9.97 Å². The molecule has 1 saturated heterocycles. The molecule has 184 valence electrons. The molecule has 1 saturated carbocycles. The van der Waals surface area contributed by atoms with Crippen LogP contribution >= 0.6 is 0 Å². The normalized spacial score (nSPS) is 22.1. The van der Waals surface area contributed by atoms with E-state index in [1.807, 2.05) is 24.5 Å². The third kappa shape index (κ3) is 4.07. The molecule has 3 aromatic heterocycles. The van der Waals surface area contributed by atoms with Crippen molar-refractivity contribution in [3.8, 4) is 0 Å². The zero-order valence-electron chi connectivity index (χ0n) is 20.8. The number of carbonyl (C=O) groups excluding carboxylic acids is 1. The van der Waals surface area contributed by atoms with Crippen LogP contribution < -0.4 is 15.5 Å². The number of nitrogens with zero attached hydrogens (tertiary/aromatic N) is 5. The van der Waals surface area contributed by atoms with Crippen molar-refractivity contribution in [1.29, 1.82) is 0 Å². The summed E-state index contributed by atoms with van der Waals surface area (Å²) in [6.45, 7) is 7.49. The van der Waals surface area contributed by atoms with E-state index < -0.39 is 0 Å². The monoisotopic (exact) mass is 473 g/mol. The first kappa shape index (κ1) is 22.5. The topological polar surface area (TPSA) is 88.0 Å². The van der Waals surface area contributed by atoms with E-state index in [0.717, 1.165) is 67.1 Å². The minimum absolute atomic E-state index is 0.0198. The van der Waals surface area contributed by atoms with E-state index in [1.165, 1.54) is 19.3 Å². The van der Waals surface area contributed by atoms with Crippen LogP contribution in [0.4, 0.5) is 17.5 Å². The van der Waals surface area contributed by atoms with Gasteiger partial charge in [0.1, 0.15) is 11.5 Å². The van der Waals surface area contributed by atoms with Crippen LogP contribution in [0.3, 0.4) is 0 Å². The summed E-state index contributed by atoms with van der Waals surface area (Å²) in [7, 11) is 0. The van der Waals surface area contributed by atoms with Gasteiger partial charge in [-0.2, -0.15) is 4.98 Å².